The molecule has 1 amide bonds. The highest BCUT2D eigenvalue weighted by Crippen LogP contribution is 2.32. The first-order chi connectivity index (χ1) is 9.54. The average molecular weight is 275 g/mol. The van der Waals surface area contributed by atoms with Crippen molar-refractivity contribution < 1.29 is 9.53 Å². The van der Waals surface area contributed by atoms with Crippen molar-refractivity contribution in [2.45, 2.75) is 6.92 Å². The number of ether oxygens (including phenoxy) is 1. The van der Waals surface area contributed by atoms with Gasteiger partial charge in [-0.25, -0.2) is 0 Å². The van der Waals surface area contributed by atoms with Gasteiger partial charge in [-0.15, -0.1) is 0 Å². The van der Waals surface area contributed by atoms with E-state index in [-0.39, 0.29) is 5.91 Å². The van der Waals surface area contributed by atoms with E-state index < -0.39 is 0 Å². The van der Waals surface area contributed by atoms with E-state index >= 15 is 0 Å². The second-order valence-electron chi connectivity index (χ2n) is 5.12. The standard InChI is InChI=1S/C15H21N3O2/c1-11-9-12(10-13(17(3)4)14(11)16-2)15(19)18-5-7-20-8-6-18/h9-10H,2,5-8H2,1,3-4H3. The quantitative estimate of drug-likeness (QED) is 0.791. The number of nitrogens with zero attached hydrogens (tertiary/aromatic N) is 3. The number of hydrogen-bond acceptors (Lipinski definition) is 4. The molecule has 0 unspecified atom stereocenters. The van der Waals surface area contributed by atoms with Gasteiger partial charge in [0.1, 0.15) is 0 Å². The molecule has 0 radical (unpaired) electrons. The van der Waals surface area contributed by atoms with Crippen LogP contribution in [0.2, 0.25) is 0 Å². The molecular formula is C15H21N3O2. The maximum Gasteiger partial charge on any atom is 0.254 e. The Morgan fingerprint density at radius 3 is 2.55 bits per heavy atom. The Morgan fingerprint density at radius 2 is 2.00 bits per heavy atom. The summed E-state index contributed by atoms with van der Waals surface area (Å²) in [5.41, 5.74) is 3.40. The second kappa shape index (κ2) is 6.05. The molecule has 2 rings (SSSR count). The van der Waals surface area contributed by atoms with Crippen molar-refractivity contribution in [3.8, 4) is 0 Å². The van der Waals surface area contributed by atoms with Gasteiger partial charge in [-0.2, -0.15) is 0 Å². The van der Waals surface area contributed by atoms with Crippen LogP contribution in [0.1, 0.15) is 15.9 Å². The molecule has 0 aliphatic carbocycles. The van der Waals surface area contributed by atoms with Crippen molar-refractivity contribution in [2.75, 3.05) is 45.3 Å². The molecule has 5 nitrogen and oxygen atoms in total. The molecule has 1 aromatic rings. The summed E-state index contributed by atoms with van der Waals surface area (Å²) in [4.78, 5) is 20.4. The van der Waals surface area contributed by atoms with Gasteiger partial charge < -0.3 is 14.5 Å². The molecule has 20 heavy (non-hydrogen) atoms. The van der Waals surface area contributed by atoms with Gasteiger partial charge in [-0.1, -0.05) is 0 Å². The minimum Gasteiger partial charge on any atom is -0.378 e. The van der Waals surface area contributed by atoms with Crippen molar-refractivity contribution in [1.29, 1.82) is 0 Å². The fourth-order valence-electron chi connectivity index (χ4n) is 2.38. The van der Waals surface area contributed by atoms with Crippen LogP contribution < -0.4 is 4.90 Å². The monoisotopic (exact) mass is 275 g/mol. The van der Waals surface area contributed by atoms with E-state index in [1.54, 1.807) is 0 Å². The van der Waals surface area contributed by atoms with Gasteiger partial charge in [0.15, 0.2) is 0 Å². The molecule has 0 saturated carbocycles. The van der Waals surface area contributed by atoms with Crippen molar-refractivity contribution in [2.24, 2.45) is 4.99 Å². The number of carbonyl (C=O) groups excluding carboxylic acids is 1. The number of anilines is 1. The molecule has 1 heterocycles. The van der Waals surface area contributed by atoms with E-state index in [9.17, 15) is 4.79 Å². The van der Waals surface area contributed by atoms with Gasteiger partial charge in [0.2, 0.25) is 0 Å². The molecule has 5 heteroatoms. The van der Waals surface area contributed by atoms with Crippen LogP contribution >= 0.6 is 0 Å². The lowest BCUT2D eigenvalue weighted by atomic mass is 10.1. The van der Waals surface area contributed by atoms with Crippen LogP contribution in [0.25, 0.3) is 0 Å². The summed E-state index contributed by atoms with van der Waals surface area (Å²) >= 11 is 0. The normalized spacial score (nSPS) is 15.1. The van der Waals surface area contributed by atoms with Crippen LogP contribution in [0.5, 0.6) is 0 Å². The fourth-order valence-corrected chi connectivity index (χ4v) is 2.38. The van der Waals surface area contributed by atoms with Crippen LogP contribution in [0.4, 0.5) is 11.4 Å². The first kappa shape index (κ1) is 14.5. The summed E-state index contributed by atoms with van der Waals surface area (Å²) < 4.78 is 5.28. The van der Waals surface area contributed by atoms with Crippen molar-refractivity contribution in [1.82, 2.24) is 4.90 Å². The number of morpholine rings is 1. The van der Waals surface area contributed by atoms with E-state index in [1.165, 1.54) is 0 Å². The molecule has 0 atom stereocenters. The summed E-state index contributed by atoms with van der Waals surface area (Å²) in [7, 11) is 3.87. The number of hydrogen-bond donors (Lipinski definition) is 0. The van der Waals surface area contributed by atoms with Gasteiger partial charge in [0.05, 0.1) is 24.6 Å². The Bertz CT molecular complexity index is 520. The predicted octanol–water partition coefficient (Wildman–Crippen LogP) is 1.87. The third kappa shape index (κ3) is 2.82. The summed E-state index contributed by atoms with van der Waals surface area (Å²) in [6.07, 6.45) is 0. The maximum absolute atomic E-state index is 12.5. The van der Waals surface area contributed by atoms with Gasteiger partial charge in [0, 0.05) is 32.7 Å². The molecule has 1 aromatic carbocycles. The number of aliphatic imine (C=N–C) groups is 1. The maximum atomic E-state index is 12.5. The SMILES string of the molecule is C=Nc1c(C)cc(C(=O)N2CCOCC2)cc1N(C)C. The van der Waals surface area contributed by atoms with E-state index in [4.69, 9.17) is 4.74 Å². The molecule has 108 valence electrons. The number of rotatable bonds is 3. The van der Waals surface area contributed by atoms with E-state index in [2.05, 4.69) is 11.7 Å². The van der Waals surface area contributed by atoms with E-state index in [0.29, 0.717) is 31.9 Å². The molecule has 1 aliphatic heterocycles. The van der Waals surface area contributed by atoms with E-state index in [0.717, 1.165) is 16.9 Å². The Morgan fingerprint density at radius 1 is 1.35 bits per heavy atom. The van der Waals surface area contributed by atoms with Gasteiger partial charge in [0.25, 0.3) is 5.91 Å². The molecule has 1 aliphatic rings. The first-order valence-corrected chi connectivity index (χ1v) is 6.70. The molecule has 0 aromatic heterocycles. The molecule has 0 bridgehead atoms. The van der Waals surface area contributed by atoms with Crippen LogP contribution in [-0.2, 0) is 4.74 Å². The Hall–Kier alpha value is -1.88. The molecular weight excluding hydrogens is 254 g/mol. The van der Waals surface area contributed by atoms with Crippen molar-refractivity contribution >= 4 is 24.0 Å². The Kier molecular flexibility index (Phi) is 4.39. The summed E-state index contributed by atoms with van der Waals surface area (Å²) in [5, 5.41) is 0. The molecule has 1 saturated heterocycles. The van der Waals surface area contributed by atoms with Crippen LogP contribution in [0, 0.1) is 6.92 Å². The molecule has 0 spiro atoms. The molecule has 1 fully saturated rings. The number of amides is 1. The zero-order valence-electron chi connectivity index (χ0n) is 12.3. The minimum atomic E-state index is 0.0510. The highest BCUT2D eigenvalue weighted by atomic mass is 16.5. The van der Waals surface area contributed by atoms with Crippen LogP contribution in [-0.4, -0.2) is 57.9 Å². The lowest BCUT2D eigenvalue weighted by molar-refractivity contribution is 0.0303. The van der Waals surface area contributed by atoms with Crippen molar-refractivity contribution in [3.63, 3.8) is 0 Å². The largest absolute Gasteiger partial charge is 0.378 e. The second-order valence-corrected chi connectivity index (χ2v) is 5.12. The third-order valence-electron chi connectivity index (χ3n) is 3.47. The number of aryl methyl sites for hydroxylation is 1. The van der Waals surface area contributed by atoms with Crippen LogP contribution in [0.3, 0.4) is 0 Å². The highest BCUT2D eigenvalue weighted by Gasteiger charge is 2.20. The summed E-state index contributed by atoms with van der Waals surface area (Å²) in [5.74, 6) is 0.0510. The van der Waals surface area contributed by atoms with Crippen LogP contribution in [0.15, 0.2) is 17.1 Å². The summed E-state index contributed by atoms with van der Waals surface area (Å²) in [6.45, 7) is 8.08. The van der Waals surface area contributed by atoms with Gasteiger partial charge in [-0.3, -0.25) is 9.79 Å². The summed E-state index contributed by atoms with van der Waals surface area (Å²) in [6, 6.07) is 3.77. The predicted molar refractivity (Wildman–Crippen MR) is 81.4 cm³/mol. The average Bonchev–Trinajstić information content (AvgIpc) is 2.46. The minimum absolute atomic E-state index is 0.0510. The van der Waals surface area contributed by atoms with E-state index in [1.807, 2.05) is 43.0 Å². The smallest absolute Gasteiger partial charge is 0.254 e. The highest BCUT2D eigenvalue weighted by molar-refractivity contribution is 5.97. The lowest BCUT2D eigenvalue weighted by Gasteiger charge is -2.27. The Labute approximate surface area is 119 Å². The lowest BCUT2D eigenvalue weighted by Crippen LogP contribution is -2.40. The zero-order valence-corrected chi connectivity index (χ0v) is 12.3. The number of carbonyl (C=O) groups is 1. The fraction of sp³-hybridized carbons (Fsp3) is 0.467. The van der Waals surface area contributed by atoms with Gasteiger partial charge in [-0.05, 0) is 31.3 Å². The van der Waals surface area contributed by atoms with Crippen molar-refractivity contribution in [3.05, 3.63) is 23.3 Å². The topological polar surface area (TPSA) is 45.1 Å². The molecule has 0 N–H and O–H groups in total. The Balaban J connectivity index is 2.36. The van der Waals surface area contributed by atoms with Gasteiger partial charge >= 0.3 is 0 Å². The number of benzene rings is 1. The first-order valence-electron chi connectivity index (χ1n) is 6.70. The third-order valence-corrected chi connectivity index (χ3v) is 3.47. The zero-order chi connectivity index (χ0) is 14.7.